The molecule has 3 nitrogen and oxygen atoms in total. The second kappa shape index (κ2) is 6.63. The molecule has 0 spiro atoms. The van der Waals surface area contributed by atoms with Gasteiger partial charge in [-0.25, -0.2) is 0 Å². The Morgan fingerprint density at radius 3 is 2.75 bits per heavy atom. The van der Waals surface area contributed by atoms with Crippen molar-refractivity contribution in [3.05, 3.63) is 65.5 Å². The molecule has 2 unspecified atom stereocenters. The topological polar surface area (TPSA) is 42.0 Å². The first kappa shape index (κ1) is 16.5. The van der Waals surface area contributed by atoms with E-state index in [0.717, 1.165) is 11.8 Å². The van der Waals surface area contributed by atoms with Gasteiger partial charge in [0.2, 0.25) is 5.91 Å². The van der Waals surface area contributed by atoms with Crippen LogP contribution in [0.2, 0.25) is 0 Å². The number of benzene rings is 1. The number of nitrogens with one attached hydrogen (secondary N) is 1. The van der Waals surface area contributed by atoms with Crippen molar-refractivity contribution in [3.8, 4) is 0 Å². The van der Waals surface area contributed by atoms with Crippen molar-refractivity contribution in [1.82, 2.24) is 10.3 Å². The molecule has 24 heavy (non-hydrogen) atoms. The molecule has 0 saturated heterocycles. The number of halogens is 3. The van der Waals surface area contributed by atoms with Gasteiger partial charge in [0.1, 0.15) is 0 Å². The van der Waals surface area contributed by atoms with Gasteiger partial charge in [-0.3, -0.25) is 9.78 Å². The van der Waals surface area contributed by atoms with Gasteiger partial charge in [0, 0.05) is 30.3 Å². The van der Waals surface area contributed by atoms with Gasteiger partial charge in [0.05, 0.1) is 5.56 Å². The van der Waals surface area contributed by atoms with Gasteiger partial charge in [-0.05, 0) is 36.6 Å². The maximum atomic E-state index is 12.7. The van der Waals surface area contributed by atoms with E-state index in [-0.39, 0.29) is 17.9 Å². The maximum absolute atomic E-state index is 12.7. The average molecular weight is 334 g/mol. The Morgan fingerprint density at radius 2 is 2.04 bits per heavy atom. The number of amides is 1. The first-order valence-corrected chi connectivity index (χ1v) is 7.80. The van der Waals surface area contributed by atoms with Crippen molar-refractivity contribution in [2.45, 2.75) is 37.4 Å². The van der Waals surface area contributed by atoms with Crippen LogP contribution in [0.25, 0.3) is 0 Å². The van der Waals surface area contributed by atoms with Crippen LogP contribution in [0.1, 0.15) is 35.6 Å². The Bertz CT molecular complexity index is 716. The number of rotatable bonds is 5. The molecule has 1 fully saturated rings. The molecule has 126 valence electrons. The average Bonchev–Trinajstić information content (AvgIpc) is 3.32. The van der Waals surface area contributed by atoms with E-state index in [1.165, 1.54) is 12.1 Å². The number of pyridine rings is 1. The van der Waals surface area contributed by atoms with E-state index in [4.69, 9.17) is 0 Å². The molecule has 1 heterocycles. The summed E-state index contributed by atoms with van der Waals surface area (Å²) in [5.41, 5.74) is 0.824. The van der Waals surface area contributed by atoms with Crippen LogP contribution < -0.4 is 5.32 Å². The van der Waals surface area contributed by atoms with Crippen LogP contribution >= 0.6 is 0 Å². The van der Waals surface area contributed by atoms with Crippen molar-refractivity contribution in [3.63, 3.8) is 0 Å². The highest BCUT2D eigenvalue weighted by molar-refractivity contribution is 5.77. The molecule has 1 aromatic heterocycles. The van der Waals surface area contributed by atoms with Crippen LogP contribution in [0.5, 0.6) is 0 Å². The highest BCUT2D eigenvalue weighted by Gasteiger charge is 2.40. The maximum Gasteiger partial charge on any atom is 0.416 e. The SMILES string of the molecule is O=C(CCc1ccccn1)NC1CC1c1cccc(C(F)(F)F)c1. The summed E-state index contributed by atoms with van der Waals surface area (Å²) in [5.74, 6) is -0.133. The predicted octanol–water partition coefficient (Wildman–Crippen LogP) is 3.71. The summed E-state index contributed by atoms with van der Waals surface area (Å²) < 4.78 is 38.2. The zero-order valence-corrected chi connectivity index (χ0v) is 12.9. The third-order valence-electron chi connectivity index (χ3n) is 4.11. The Hall–Kier alpha value is -2.37. The van der Waals surface area contributed by atoms with Crippen molar-refractivity contribution in [2.75, 3.05) is 0 Å². The fourth-order valence-electron chi connectivity index (χ4n) is 2.74. The summed E-state index contributed by atoms with van der Waals surface area (Å²) in [5, 5.41) is 2.88. The predicted molar refractivity (Wildman–Crippen MR) is 83.3 cm³/mol. The second-order valence-electron chi connectivity index (χ2n) is 5.96. The Labute approximate surface area is 137 Å². The highest BCUT2D eigenvalue weighted by atomic mass is 19.4. The molecular weight excluding hydrogens is 317 g/mol. The van der Waals surface area contributed by atoms with Crippen molar-refractivity contribution in [2.24, 2.45) is 0 Å². The second-order valence-corrected chi connectivity index (χ2v) is 5.96. The number of hydrogen-bond acceptors (Lipinski definition) is 2. The third-order valence-corrected chi connectivity index (χ3v) is 4.11. The molecule has 1 aliphatic rings. The smallest absolute Gasteiger partial charge is 0.353 e. The molecule has 6 heteroatoms. The summed E-state index contributed by atoms with van der Waals surface area (Å²) in [7, 11) is 0. The lowest BCUT2D eigenvalue weighted by molar-refractivity contribution is -0.137. The van der Waals surface area contributed by atoms with Crippen molar-refractivity contribution in [1.29, 1.82) is 0 Å². The van der Waals surface area contributed by atoms with Gasteiger partial charge in [0.25, 0.3) is 0 Å². The van der Waals surface area contributed by atoms with Crippen molar-refractivity contribution >= 4 is 5.91 Å². The van der Waals surface area contributed by atoms with Crippen LogP contribution in [0, 0.1) is 0 Å². The molecule has 0 bridgehead atoms. The van der Waals surface area contributed by atoms with E-state index < -0.39 is 11.7 Å². The lowest BCUT2D eigenvalue weighted by Crippen LogP contribution is -2.26. The van der Waals surface area contributed by atoms with E-state index in [1.807, 2.05) is 18.2 Å². The Morgan fingerprint density at radius 1 is 1.21 bits per heavy atom. The molecule has 0 radical (unpaired) electrons. The summed E-state index contributed by atoms with van der Waals surface area (Å²) >= 11 is 0. The fourth-order valence-corrected chi connectivity index (χ4v) is 2.74. The van der Waals surface area contributed by atoms with Gasteiger partial charge in [0.15, 0.2) is 0 Å². The molecule has 3 rings (SSSR count). The van der Waals surface area contributed by atoms with Gasteiger partial charge >= 0.3 is 6.18 Å². The van der Waals surface area contributed by atoms with E-state index in [0.29, 0.717) is 24.8 Å². The van der Waals surface area contributed by atoms with Gasteiger partial charge in [-0.15, -0.1) is 0 Å². The van der Waals surface area contributed by atoms with E-state index in [9.17, 15) is 18.0 Å². The molecule has 1 amide bonds. The number of hydrogen-bond donors (Lipinski definition) is 1. The zero-order valence-electron chi connectivity index (χ0n) is 12.9. The molecule has 0 aliphatic heterocycles. The number of alkyl halides is 3. The van der Waals surface area contributed by atoms with E-state index in [2.05, 4.69) is 10.3 Å². The quantitative estimate of drug-likeness (QED) is 0.906. The molecule has 1 N–H and O–H groups in total. The van der Waals surface area contributed by atoms with Crippen LogP contribution in [-0.4, -0.2) is 16.9 Å². The van der Waals surface area contributed by atoms with Gasteiger partial charge < -0.3 is 5.32 Å². The number of nitrogens with zero attached hydrogens (tertiary/aromatic N) is 1. The highest BCUT2D eigenvalue weighted by Crippen LogP contribution is 2.42. The summed E-state index contributed by atoms with van der Waals surface area (Å²) in [6, 6.07) is 10.8. The molecule has 1 saturated carbocycles. The number of carbonyl (C=O) groups excluding carboxylic acids is 1. The lowest BCUT2D eigenvalue weighted by Gasteiger charge is -2.09. The monoisotopic (exact) mass is 334 g/mol. The van der Waals surface area contributed by atoms with Crippen molar-refractivity contribution < 1.29 is 18.0 Å². The number of carbonyl (C=O) groups is 1. The Balaban J connectivity index is 1.51. The Kier molecular flexibility index (Phi) is 4.55. The minimum Gasteiger partial charge on any atom is -0.353 e. The van der Waals surface area contributed by atoms with E-state index in [1.54, 1.807) is 12.3 Å². The van der Waals surface area contributed by atoms with Crippen LogP contribution in [0.4, 0.5) is 13.2 Å². The standard InChI is InChI=1S/C18H17F3N2O/c19-18(20,21)13-5-3-4-12(10-13)15-11-16(15)23-17(24)8-7-14-6-1-2-9-22-14/h1-6,9-10,15-16H,7-8,11H2,(H,23,24). The normalized spacial score (nSPS) is 19.8. The number of aromatic nitrogens is 1. The van der Waals surface area contributed by atoms with Crippen LogP contribution in [0.3, 0.4) is 0 Å². The fraction of sp³-hybridized carbons (Fsp3) is 0.333. The van der Waals surface area contributed by atoms with Gasteiger partial charge in [-0.2, -0.15) is 13.2 Å². The molecule has 1 aliphatic carbocycles. The molecule has 2 aromatic rings. The molecular formula is C18H17F3N2O. The first-order valence-electron chi connectivity index (χ1n) is 7.80. The van der Waals surface area contributed by atoms with Crippen LogP contribution in [0.15, 0.2) is 48.7 Å². The molecule has 2 atom stereocenters. The summed E-state index contributed by atoms with van der Waals surface area (Å²) in [6.45, 7) is 0. The minimum atomic E-state index is -4.34. The zero-order chi connectivity index (χ0) is 17.2. The van der Waals surface area contributed by atoms with Gasteiger partial charge in [-0.1, -0.05) is 24.3 Å². The first-order chi connectivity index (χ1) is 11.4. The largest absolute Gasteiger partial charge is 0.416 e. The minimum absolute atomic E-state index is 0.0360. The van der Waals surface area contributed by atoms with E-state index >= 15 is 0 Å². The lowest BCUT2D eigenvalue weighted by atomic mass is 10.1. The number of aryl methyl sites for hydroxylation is 1. The summed E-state index contributed by atoms with van der Waals surface area (Å²) in [4.78, 5) is 16.1. The van der Waals surface area contributed by atoms with Crippen LogP contribution in [-0.2, 0) is 17.4 Å². The third kappa shape index (κ3) is 4.13. The summed E-state index contributed by atoms with van der Waals surface area (Å²) in [6.07, 6.45) is -1.11. The molecule has 1 aromatic carbocycles.